The standard InChI is InChI=1S/C23H26F3N5O/c1-2-3-15-4-7-18(8-5-15)31-12-17(13-31)30-21(32)11-27-22-19-10-16(23(24,25)26)6-9-20(19)28-14-29-22/h6,9-10,14-15,17-18H,4-5,7-8,11-13H2,1H3,(H,30,32)(H,27,28,29)/t15-,18-. The van der Waals surface area contributed by atoms with Gasteiger partial charge in [0.05, 0.1) is 23.7 Å². The van der Waals surface area contributed by atoms with Gasteiger partial charge in [-0.25, -0.2) is 9.97 Å². The Morgan fingerprint density at radius 3 is 2.62 bits per heavy atom. The van der Waals surface area contributed by atoms with Gasteiger partial charge >= 0.3 is 6.18 Å². The second-order valence-corrected chi connectivity index (χ2v) is 8.42. The molecular formula is C23H26F3N5O. The summed E-state index contributed by atoms with van der Waals surface area (Å²) in [6, 6.07) is 3.94. The summed E-state index contributed by atoms with van der Waals surface area (Å²) in [5.74, 6) is 6.78. The number of halogens is 3. The lowest BCUT2D eigenvalue weighted by atomic mass is 9.84. The zero-order valence-electron chi connectivity index (χ0n) is 17.9. The van der Waals surface area contributed by atoms with Crippen LogP contribution in [0.15, 0.2) is 24.5 Å². The molecule has 4 rings (SSSR count). The fraction of sp³-hybridized carbons (Fsp3) is 0.522. The number of anilines is 1. The summed E-state index contributed by atoms with van der Waals surface area (Å²) < 4.78 is 39.1. The number of fused-ring (bicyclic) bond motifs is 1. The highest BCUT2D eigenvalue weighted by Crippen LogP contribution is 2.32. The molecule has 1 amide bonds. The lowest BCUT2D eigenvalue weighted by Crippen LogP contribution is -2.63. The number of benzene rings is 1. The molecule has 1 saturated carbocycles. The quantitative estimate of drug-likeness (QED) is 0.690. The summed E-state index contributed by atoms with van der Waals surface area (Å²) in [7, 11) is 0. The molecule has 9 heteroatoms. The van der Waals surface area contributed by atoms with Crippen LogP contribution in [0.25, 0.3) is 10.9 Å². The summed E-state index contributed by atoms with van der Waals surface area (Å²) >= 11 is 0. The zero-order valence-corrected chi connectivity index (χ0v) is 17.9. The van der Waals surface area contributed by atoms with Crippen molar-refractivity contribution in [2.24, 2.45) is 5.92 Å². The monoisotopic (exact) mass is 445 g/mol. The van der Waals surface area contributed by atoms with E-state index in [1.165, 1.54) is 12.4 Å². The number of hydrogen-bond donors (Lipinski definition) is 2. The topological polar surface area (TPSA) is 70.2 Å². The van der Waals surface area contributed by atoms with Crippen molar-refractivity contribution in [1.82, 2.24) is 20.2 Å². The number of hydrogen-bond acceptors (Lipinski definition) is 5. The molecule has 0 atom stereocenters. The van der Waals surface area contributed by atoms with E-state index in [-0.39, 0.29) is 29.7 Å². The van der Waals surface area contributed by atoms with Crippen molar-refractivity contribution in [2.45, 2.75) is 50.9 Å². The average Bonchev–Trinajstić information content (AvgIpc) is 2.74. The molecule has 2 aromatic rings. The molecule has 2 N–H and O–H groups in total. The number of carbonyl (C=O) groups is 1. The fourth-order valence-corrected chi connectivity index (χ4v) is 4.51. The molecule has 0 unspecified atom stereocenters. The fourth-order valence-electron chi connectivity index (χ4n) is 4.51. The second-order valence-electron chi connectivity index (χ2n) is 8.42. The Balaban J connectivity index is 1.26. The molecule has 1 aliphatic heterocycles. The van der Waals surface area contributed by atoms with Crippen LogP contribution in [0.2, 0.25) is 0 Å². The predicted octanol–water partition coefficient (Wildman–Crippen LogP) is 3.44. The first kappa shape index (κ1) is 22.3. The van der Waals surface area contributed by atoms with Crippen molar-refractivity contribution in [3.05, 3.63) is 30.1 Å². The molecule has 32 heavy (non-hydrogen) atoms. The van der Waals surface area contributed by atoms with E-state index >= 15 is 0 Å². The van der Waals surface area contributed by atoms with Gasteiger partial charge in [-0.3, -0.25) is 9.69 Å². The van der Waals surface area contributed by atoms with Crippen LogP contribution < -0.4 is 10.6 Å². The molecule has 1 aromatic carbocycles. The van der Waals surface area contributed by atoms with Crippen molar-refractivity contribution in [3.63, 3.8) is 0 Å². The van der Waals surface area contributed by atoms with E-state index in [0.29, 0.717) is 17.5 Å². The van der Waals surface area contributed by atoms with E-state index in [9.17, 15) is 18.0 Å². The molecule has 170 valence electrons. The molecule has 2 aliphatic rings. The third kappa shape index (κ3) is 5.13. The Morgan fingerprint density at radius 2 is 1.94 bits per heavy atom. The first-order valence-corrected chi connectivity index (χ1v) is 10.8. The average molecular weight is 445 g/mol. The van der Waals surface area contributed by atoms with Gasteiger partial charge in [0.2, 0.25) is 5.91 Å². The zero-order chi connectivity index (χ0) is 22.7. The van der Waals surface area contributed by atoms with Crippen molar-refractivity contribution in [2.75, 3.05) is 25.0 Å². The highest BCUT2D eigenvalue weighted by molar-refractivity contribution is 5.91. The number of alkyl halides is 3. The Morgan fingerprint density at radius 1 is 1.19 bits per heavy atom. The van der Waals surface area contributed by atoms with Crippen molar-refractivity contribution in [1.29, 1.82) is 0 Å². The van der Waals surface area contributed by atoms with Gasteiger partial charge in [0, 0.05) is 30.4 Å². The lowest BCUT2D eigenvalue weighted by molar-refractivity contribution is -0.137. The van der Waals surface area contributed by atoms with Gasteiger partial charge in [0.1, 0.15) is 12.1 Å². The number of aromatic nitrogens is 2. The van der Waals surface area contributed by atoms with E-state index in [0.717, 1.165) is 50.9 Å². The summed E-state index contributed by atoms with van der Waals surface area (Å²) in [6.45, 7) is 3.47. The van der Waals surface area contributed by atoms with Gasteiger partial charge in [-0.2, -0.15) is 13.2 Å². The Kier molecular flexibility index (Phi) is 6.51. The minimum atomic E-state index is -4.46. The third-order valence-electron chi connectivity index (χ3n) is 6.22. The predicted molar refractivity (Wildman–Crippen MR) is 116 cm³/mol. The van der Waals surface area contributed by atoms with Crippen LogP contribution in [-0.2, 0) is 11.0 Å². The van der Waals surface area contributed by atoms with Crippen LogP contribution in [0.1, 0.15) is 38.2 Å². The first-order valence-electron chi connectivity index (χ1n) is 10.8. The van der Waals surface area contributed by atoms with E-state index in [1.807, 2.05) is 6.92 Å². The van der Waals surface area contributed by atoms with Gasteiger partial charge in [-0.15, -0.1) is 11.8 Å². The van der Waals surface area contributed by atoms with E-state index in [2.05, 4.69) is 37.3 Å². The Labute approximate surface area is 185 Å². The molecule has 0 radical (unpaired) electrons. The molecule has 1 aromatic heterocycles. The number of amides is 1. The van der Waals surface area contributed by atoms with Gasteiger partial charge < -0.3 is 10.6 Å². The Bertz CT molecular complexity index is 1030. The molecule has 6 nitrogen and oxygen atoms in total. The Hall–Kier alpha value is -2.86. The molecule has 2 fully saturated rings. The number of likely N-dealkylation sites (tertiary alicyclic amines) is 1. The number of rotatable bonds is 5. The highest BCUT2D eigenvalue weighted by atomic mass is 19.4. The largest absolute Gasteiger partial charge is 0.416 e. The van der Waals surface area contributed by atoms with E-state index < -0.39 is 11.7 Å². The maximum Gasteiger partial charge on any atom is 0.416 e. The summed E-state index contributed by atoms with van der Waals surface area (Å²) in [5.41, 5.74) is -0.400. The molecule has 2 heterocycles. The van der Waals surface area contributed by atoms with Crippen molar-refractivity contribution >= 4 is 22.6 Å². The van der Waals surface area contributed by atoms with Crippen molar-refractivity contribution in [3.8, 4) is 11.8 Å². The number of nitrogens with one attached hydrogen (secondary N) is 2. The smallest absolute Gasteiger partial charge is 0.360 e. The maximum absolute atomic E-state index is 13.0. The van der Waals surface area contributed by atoms with E-state index in [4.69, 9.17) is 0 Å². The molecule has 0 spiro atoms. The number of carbonyl (C=O) groups excluding carboxylic acids is 1. The SMILES string of the molecule is CC#C[C@H]1CC[C@H](N2CC(NC(=O)CNc3ncnc4ccc(C(F)(F)F)cc34)C2)CC1. The van der Waals surface area contributed by atoms with Crippen LogP contribution in [0, 0.1) is 17.8 Å². The van der Waals surface area contributed by atoms with Gasteiger partial charge in [0.15, 0.2) is 0 Å². The van der Waals surface area contributed by atoms with Gasteiger partial charge in [-0.05, 0) is 50.8 Å². The van der Waals surface area contributed by atoms with Crippen LogP contribution in [0.4, 0.5) is 19.0 Å². The normalized spacial score (nSPS) is 22.0. The van der Waals surface area contributed by atoms with Crippen molar-refractivity contribution < 1.29 is 18.0 Å². The molecule has 1 aliphatic carbocycles. The molecular weight excluding hydrogens is 419 g/mol. The third-order valence-corrected chi connectivity index (χ3v) is 6.22. The summed E-state index contributed by atoms with van der Waals surface area (Å²) in [5, 5.41) is 6.06. The summed E-state index contributed by atoms with van der Waals surface area (Å²) in [4.78, 5) is 22.8. The lowest BCUT2D eigenvalue weighted by Gasteiger charge is -2.46. The van der Waals surface area contributed by atoms with Gasteiger partial charge in [0.25, 0.3) is 0 Å². The second kappa shape index (κ2) is 9.33. The minimum Gasteiger partial charge on any atom is -0.360 e. The maximum atomic E-state index is 13.0. The van der Waals surface area contributed by atoms with Crippen LogP contribution in [0.5, 0.6) is 0 Å². The highest BCUT2D eigenvalue weighted by Gasteiger charge is 2.35. The molecule has 1 saturated heterocycles. The van der Waals surface area contributed by atoms with Gasteiger partial charge in [-0.1, -0.05) is 0 Å². The first-order chi connectivity index (χ1) is 15.3. The van der Waals surface area contributed by atoms with Crippen LogP contribution in [-0.4, -0.2) is 52.5 Å². The van der Waals surface area contributed by atoms with Crippen LogP contribution in [0.3, 0.4) is 0 Å². The van der Waals surface area contributed by atoms with Crippen LogP contribution >= 0.6 is 0 Å². The summed E-state index contributed by atoms with van der Waals surface area (Å²) in [6.07, 6.45) is 1.35. The molecule has 0 bridgehead atoms. The van der Waals surface area contributed by atoms with E-state index in [1.54, 1.807) is 0 Å². The minimum absolute atomic E-state index is 0.0698. The number of nitrogens with zero attached hydrogens (tertiary/aromatic N) is 3.